The number of nitrogens with zero attached hydrogens (tertiary/aromatic N) is 1. The Morgan fingerprint density at radius 2 is 1.51 bits per heavy atom. The predicted molar refractivity (Wildman–Crippen MR) is 128 cm³/mol. The highest BCUT2D eigenvalue weighted by molar-refractivity contribution is 5.95. The zero-order valence-corrected chi connectivity index (χ0v) is 20.3. The number of amides is 1. The van der Waals surface area contributed by atoms with Crippen LogP contribution in [0.5, 0.6) is 0 Å². The van der Waals surface area contributed by atoms with E-state index in [1.54, 1.807) is 24.0 Å². The molecule has 0 aromatic heterocycles. The van der Waals surface area contributed by atoms with Crippen LogP contribution in [0.4, 0.5) is 4.39 Å². The van der Waals surface area contributed by atoms with Crippen LogP contribution in [0.1, 0.15) is 43.7 Å². The van der Waals surface area contributed by atoms with Gasteiger partial charge in [0.15, 0.2) is 0 Å². The molecule has 0 radical (unpaired) electrons. The Kier molecular flexibility index (Phi) is 9.37. The molecule has 0 saturated carbocycles. The van der Waals surface area contributed by atoms with Gasteiger partial charge < -0.3 is 19.1 Å². The van der Waals surface area contributed by atoms with Crippen LogP contribution in [-0.4, -0.2) is 55.2 Å². The van der Waals surface area contributed by atoms with Crippen molar-refractivity contribution < 1.29 is 33.0 Å². The number of esters is 2. The summed E-state index contributed by atoms with van der Waals surface area (Å²) >= 11 is 0. The highest BCUT2D eigenvalue weighted by Crippen LogP contribution is 2.34. The van der Waals surface area contributed by atoms with Crippen molar-refractivity contribution in [1.29, 1.82) is 0 Å². The molecule has 1 aliphatic rings. The van der Waals surface area contributed by atoms with Gasteiger partial charge in [0.1, 0.15) is 13.1 Å². The molecule has 35 heavy (non-hydrogen) atoms. The first-order valence-corrected chi connectivity index (χ1v) is 11.8. The van der Waals surface area contributed by atoms with Crippen molar-refractivity contribution in [3.8, 4) is 11.1 Å². The molecule has 2 aromatic carbocycles. The fourth-order valence-electron chi connectivity index (χ4n) is 4.36. The largest absolute Gasteiger partial charge is 0.469 e. The monoisotopic (exact) mass is 485 g/mol. The van der Waals surface area contributed by atoms with Gasteiger partial charge in [0.2, 0.25) is 5.91 Å². The van der Waals surface area contributed by atoms with E-state index < -0.39 is 36.5 Å². The molecule has 3 rings (SSSR count). The Balaban J connectivity index is 1.88. The maximum absolute atomic E-state index is 13.4. The molecule has 0 aliphatic carbocycles. The number of methoxy groups -OCH3 is 1. The Labute approximate surface area is 205 Å². The molecule has 0 spiro atoms. The number of halogens is 1. The zero-order chi connectivity index (χ0) is 25.3. The summed E-state index contributed by atoms with van der Waals surface area (Å²) in [7, 11) is 1.32. The normalized spacial score (nSPS) is 14.7. The van der Waals surface area contributed by atoms with Crippen LogP contribution in [0.3, 0.4) is 0 Å². The topological polar surface area (TPSA) is 82.1 Å². The molecule has 1 aliphatic heterocycles. The molecule has 8 heteroatoms. The van der Waals surface area contributed by atoms with Crippen molar-refractivity contribution >= 4 is 17.8 Å². The van der Waals surface area contributed by atoms with Gasteiger partial charge in [-0.2, -0.15) is 0 Å². The number of benzene rings is 2. The van der Waals surface area contributed by atoms with Crippen LogP contribution in [0, 0.1) is 0 Å². The van der Waals surface area contributed by atoms with E-state index in [9.17, 15) is 18.8 Å². The van der Waals surface area contributed by atoms with Gasteiger partial charge in [0.05, 0.1) is 25.7 Å². The Morgan fingerprint density at radius 1 is 0.943 bits per heavy atom. The summed E-state index contributed by atoms with van der Waals surface area (Å²) in [5.41, 5.74) is 2.56. The van der Waals surface area contributed by atoms with Crippen molar-refractivity contribution in [2.75, 3.05) is 26.9 Å². The number of ether oxygens (including phenoxy) is 3. The van der Waals surface area contributed by atoms with Gasteiger partial charge in [-0.05, 0) is 42.0 Å². The number of carbonyl (C=O) groups is 3. The molecule has 0 bridgehead atoms. The number of hydrogen-bond donors (Lipinski definition) is 0. The fraction of sp³-hybridized carbons (Fsp3) is 0.444. The molecule has 0 atom stereocenters. The molecular weight excluding hydrogens is 453 g/mol. The minimum absolute atomic E-state index is 0.0143. The lowest BCUT2D eigenvalue weighted by Crippen LogP contribution is -2.56. The molecule has 7 nitrogen and oxygen atoms in total. The molecule has 188 valence electrons. The Bertz CT molecular complexity index is 999. The highest BCUT2D eigenvalue weighted by Gasteiger charge is 2.43. The van der Waals surface area contributed by atoms with Crippen molar-refractivity contribution in [2.24, 2.45) is 0 Å². The lowest BCUT2D eigenvalue weighted by atomic mass is 9.83. The third-order valence-corrected chi connectivity index (χ3v) is 6.34. The molecule has 1 heterocycles. The summed E-state index contributed by atoms with van der Waals surface area (Å²) in [6.45, 7) is 2.37. The van der Waals surface area contributed by atoms with Crippen LogP contribution in [0.25, 0.3) is 11.1 Å². The van der Waals surface area contributed by atoms with Gasteiger partial charge >= 0.3 is 11.9 Å². The first-order chi connectivity index (χ1) is 16.9. The Hall–Kier alpha value is -3.26. The van der Waals surface area contributed by atoms with Gasteiger partial charge in [0.25, 0.3) is 0 Å². The van der Waals surface area contributed by atoms with Crippen LogP contribution in [0.15, 0.2) is 48.5 Å². The molecule has 0 unspecified atom stereocenters. The average molecular weight is 486 g/mol. The second kappa shape index (κ2) is 12.4. The standard InChI is InChI=1S/C27H32FNO6/c1-3-35-25(31)16-24(30)29(27(17-26(32)33-2)12-14-34-15-13-27)19-21-6-10-23(11-7-21)22-8-4-20(18-28)5-9-22/h4-11H,3,12-19H2,1-2H3. The molecule has 0 N–H and O–H groups in total. The second-order valence-electron chi connectivity index (χ2n) is 8.58. The van der Waals surface area contributed by atoms with Gasteiger partial charge in [-0.3, -0.25) is 14.4 Å². The van der Waals surface area contributed by atoms with E-state index in [1.807, 2.05) is 36.4 Å². The third kappa shape index (κ3) is 6.88. The first kappa shape index (κ1) is 26.3. The summed E-state index contributed by atoms with van der Waals surface area (Å²) in [5.74, 6) is -1.43. The van der Waals surface area contributed by atoms with Crippen molar-refractivity contribution in [1.82, 2.24) is 4.90 Å². The second-order valence-corrected chi connectivity index (χ2v) is 8.58. The van der Waals surface area contributed by atoms with Crippen LogP contribution >= 0.6 is 0 Å². The number of alkyl halides is 1. The average Bonchev–Trinajstić information content (AvgIpc) is 2.88. The van der Waals surface area contributed by atoms with Crippen molar-refractivity contribution in [3.63, 3.8) is 0 Å². The molecule has 2 aromatic rings. The van der Waals surface area contributed by atoms with E-state index in [0.717, 1.165) is 16.7 Å². The number of carbonyl (C=O) groups excluding carboxylic acids is 3. The van der Waals surface area contributed by atoms with E-state index in [2.05, 4.69) is 0 Å². The smallest absolute Gasteiger partial charge is 0.315 e. The van der Waals surface area contributed by atoms with Crippen LogP contribution in [0.2, 0.25) is 0 Å². The van der Waals surface area contributed by atoms with Gasteiger partial charge in [-0.1, -0.05) is 48.5 Å². The van der Waals surface area contributed by atoms with Crippen molar-refractivity contribution in [2.45, 2.75) is 51.4 Å². The summed E-state index contributed by atoms with van der Waals surface area (Å²) < 4.78 is 28.2. The minimum atomic E-state index is -0.824. The SMILES string of the molecule is CCOC(=O)CC(=O)N(Cc1ccc(-c2ccc(CF)cc2)cc1)C1(CC(=O)OC)CCOCC1. The lowest BCUT2D eigenvalue weighted by Gasteiger charge is -2.46. The predicted octanol–water partition coefficient (Wildman–Crippen LogP) is 4.22. The van der Waals surface area contributed by atoms with Crippen LogP contribution in [-0.2, 0) is 41.8 Å². The summed E-state index contributed by atoms with van der Waals surface area (Å²) in [5, 5.41) is 0. The maximum Gasteiger partial charge on any atom is 0.315 e. The summed E-state index contributed by atoms with van der Waals surface area (Å²) in [6.07, 6.45) is 0.516. The first-order valence-electron chi connectivity index (χ1n) is 11.8. The van der Waals surface area contributed by atoms with E-state index in [4.69, 9.17) is 14.2 Å². The summed E-state index contributed by atoms with van der Waals surface area (Å²) in [6, 6.07) is 14.9. The molecule has 1 fully saturated rings. The lowest BCUT2D eigenvalue weighted by molar-refractivity contribution is -0.157. The van der Waals surface area contributed by atoms with E-state index >= 15 is 0 Å². The van der Waals surface area contributed by atoms with Gasteiger partial charge in [-0.15, -0.1) is 0 Å². The molecular formula is C27H32FNO6. The molecule has 1 amide bonds. The minimum Gasteiger partial charge on any atom is -0.469 e. The fourth-order valence-corrected chi connectivity index (χ4v) is 4.36. The quantitative estimate of drug-likeness (QED) is 0.370. The number of rotatable bonds is 10. The highest BCUT2D eigenvalue weighted by atomic mass is 19.1. The van der Waals surface area contributed by atoms with Crippen molar-refractivity contribution in [3.05, 3.63) is 59.7 Å². The third-order valence-electron chi connectivity index (χ3n) is 6.34. The van der Waals surface area contributed by atoms with E-state index in [0.29, 0.717) is 31.6 Å². The summed E-state index contributed by atoms with van der Waals surface area (Å²) in [4.78, 5) is 39.4. The Morgan fingerprint density at radius 3 is 2.03 bits per heavy atom. The van der Waals surface area contributed by atoms with E-state index in [-0.39, 0.29) is 19.6 Å². The van der Waals surface area contributed by atoms with Crippen LogP contribution < -0.4 is 0 Å². The maximum atomic E-state index is 13.4. The van der Waals surface area contributed by atoms with Gasteiger partial charge in [-0.25, -0.2) is 4.39 Å². The zero-order valence-electron chi connectivity index (χ0n) is 20.3. The number of hydrogen-bond acceptors (Lipinski definition) is 6. The van der Waals surface area contributed by atoms with E-state index in [1.165, 1.54) is 7.11 Å². The molecule has 1 saturated heterocycles. The van der Waals surface area contributed by atoms with Gasteiger partial charge in [0, 0.05) is 19.8 Å².